The lowest BCUT2D eigenvalue weighted by Crippen LogP contribution is -2.19. The van der Waals surface area contributed by atoms with Crippen molar-refractivity contribution in [1.29, 1.82) is 0 Å². The molecule has 0 aromatic rings. The second kappa shape index (κ2) is 5.06. The minimum Gasteiger partial charge on any atom is -0.466 e. The van der Waals surface area contributed by atoms with E-state index in [0.29, 0.717) is 12.6 Å². The SMILES string of the molecule is CCO/C(=C/[Si](C)(C)C)OC(C)=O. The Bertz CT molecular complexity index is 203. The van der Waals surface area contributed by atoms with Crippen molar-refractivity contribution in [1.82, 2.24) is 0 Å². The van der Waals surface area contributed by atoms with Crippen molar-refractivity contribution in [3.05, 3.63) is 11.6 Å². The second-order valence-corrected chi connectivity index (χ2v) is 8.88. The Morgan fingerprint density at radius 1 is 1.38 bits per heavy atom. The predicted octanol–water partition coefficient (Wildman–Crippen LogP) is 2.30. The summed E-state index contributed by atoms with van der Waals surface area (Å²) in [5, 5.41) is 0. The minimum atomic E-state index is -1.39. The van der Waals surface area contributed by atoms with Gasteiger partial charge in [-0.3, -0.25) is 4.79 Å². The number of carbonyl (C=O) groups excluding carboxylic acids is 1. The van der Waals surface area contributed by atoms with E-state index in [1.165, 1.54) is 6.92 Å². The first-order chi connectivity index (χ1) is 5.85. The van der Waals surface area contributed by atoms with E-state index in [9.17, 15) is 4.79 Å². The van der Waals surface area contributed by atoms with E-state index in [-0.39, 0.29) is 5.97 Å². The summed E-state index contributed by atoms with van der Waals surface area (Å²) in [5.41, 5.74) is 1.93. The van der Waals surface area contributed by atoms with Crippen LogP contribution in [0.3, 0.4) is 0 Å². The molecule has 13 heavy (non-hydrogen) atoms. The zero-order valence-corrected chi connectivity index (χ0v) is 10.0. The number of carbonyl (C=O) groups is 1. The van der Waals surface area contributed by atoms with Gasteiger partial charge in [-0.1, -0.05) is 19.6 Å². The van der Waals surface area contributed by atoms with Gasteiger partial charge in [0.2, 0.25) is 0 Å². The standard InChI is InChI=1S/C9H18O3Si/c1-6-11-9(12-8(2)10)7-13(3,4)5/h7H,6H2,1-5H3/b9-7-. The van der Waals surface area contributed by atoms with Crippen molar-refractivity contribution in [2.24, 2.45) is 0 Å². The van der Waals surface area contributed by atoms with Gasteiger partial charge in [0.25, 0.3) is 5.95 Å². The van der Waals surface area contributed by atoms with Crippen LogP contribution in [0.25, 0.3) is 0 Å². The van der Waals surface area contributed by atoms with Crippen molar-refractivity contribution in [3.63, 3.8) is 0 Å². The number of esters is 1. The Morgan fingerprint density at radius 3 is 2.23 bits per heavy atom. The van der Waals surface area contributed by atoms with Gasteiger partial charge in [0.15, 0.2) is 0 Å². The van der Waals surface area contributed by atoms with Crippen LogP contribution < -0.4 is 0 Å². The molecule has 0 saturated heterocycles. The Balaban J connectivity index is 4.40. The molecule has 0 rings (SSSR count). The molecule has 4 heteroatoms. The summed E-state index contributed by atoms with van der Waals surface area (Å²) in [6.45, 7) is 10.2. The van der Waals surface area contributed by atoms with Crippen LogP contribution in [0.5, 0.6) is 0 Å². The Kier molecular flexibility index (Phi) is 4.76. The van der Waals surface area contributed by atoms with E-state index in [2.05, 4.69) is 19.6 Å². The van der Waals surface area contributed by atoms with Crippen LogP contribution in [0, 0.1) is 0 Å². The quantitative estimate of drug-likeness (QED) is 0.398. The lowest BCUT2D eigenvalue weighted by Gasteiger charge is -2.13. The van der Waals surface area contributed by atoms with E-state index in [1.807, 2.05) is 12.6 Å². The molecule has 0 radical (unpaired) electrons. The maximum atomic E-state index is 10.7. The maximum absolute atomic E-state index is 10.7. The summed E-state index contributed by atoms with van der Waals surface area (Å²) in [6, 6.07) is 0. The first-order valence-corrected chi connectivity index (χ1v) is 7.97. The lowest BCUT2D eigenvalue weighted by atomic mass is 10.8. The van der Waals surface area contributed by atoms with Crippen LogP contribution in [-0.4, -0.2) is 20.7 Å². The van der Waals surface area contributed by atoms with E-state index in [4.69, 9.17) is 9.47 Å². The number of rotatable bonds is 4. The van der Waals surface area contributed by atoms with E-state index < -0.39 is 8.07 Å². The highest BCUT2D eigenvalue weighted by Gasteiger charge is 2.14. The van der Waals surface area contributed by atoms with Gasteiger partial charge in [0, 0.05) is 6.92 Å². The molecule has 0 saturated carbocycles. The van der Waals surface area contributed by atoms with Crippen LogP contribution in [0.4, 0.5) is 0 Å². The van der Waals surface area contributed by atoms with Crippen LogP contribution in [0.1, 0.15) is 13.8 Å². The highest BCUT2D eigenvalue weighted by atomic mass is 28.3. The second-order valence-electron chi connectivity index (χ2n) is 3.86. The van der Waals surface area contributed by atoms with Crippen LogP contribution >= 0.6 is 0 Å². The fourth-order valence-corrected chi connectivity index (χ4v) is 1.59. The van der Waals surface area contributed by atoms with Crippen LogP contribution in [-0.2, 0) is 14.3 Å². The highest BCUT2D eigenvalue weighted by Crippen LogP contribution is 2.09. The number of hydrogen-bond acceptors (Lipinski definition) is 3. The van der Waals surface area contributed by atoms with Gasteiger partial charge >= 0.3 is 5.97 Å². The van der Waals surface area contributed by atoms with Crippen LogP contribution in [0.2, 0.25) is 19.6 Å². The van der Waals surface area contributed by atoms with Crippen molar-refractivity contribution in [2.75, 3.05) is 6.61 Å². The van der Waals surface area contributed by atoms with Gasteiger partial charge in [-0.25, -0.2) is 0 Å². The summed E-state index contributed by atoms with van der Waals surface area (Å²) < 4.78 is 10.1. The Hall–Kier alpha value is -0.773. The largest absolute Gasteiger partial charge is 0.466 e. The molecular formula is C9H18O3Si. The molecule has 0 bridgehead atoms. The molecule has 76 valence electrons. The lowest BCUT2D eigenvalue weighted by molar-refractivity contribution is -0.142. The summed E-state index contributed by atoms with van der Waals surface area (Å²) in [7, 11) is -1.39. The van der Waals surface area contributed by atoms with E-state index in [1.54, 1.807) is 0 Å². The van der Waals surface area contributed by atoms with Crippen molar-refractivity contribution < 1.29 is 14.3 Å². The molecule has 0 aromatic heterocycles. The summed E-state index contributed by atoms with van der Waals surface area (Å²) in [6.07, 6.45) is 0. The Labute approximate surface area is 80.7 Å². The van der Waals surface area contributed by atoms with Gasteiger partial charge in [0.05, 0.1) is 14.7 Å². The first-order valence-electron chi connectivity index (χ1n) is 4.39. The molecule has 0 N–H and O–H groups in total. The molecule has 0 heterocycles. The third kappa shape index (κ3) is 7.58. The molecule has 0 aliphatic rings. The topological polar surface area (TPSA) is 35.5 Å². The molecule has 0 amide bonds. The first kappa shape index (κ1) is 12.2. The monoisotopic (exact) mass is 202 g/mol. The van der Waals surface area contributed by atoms with Gasteiger partial charge in [-0.05, 0) is 12.6 Å². The molecule has 0 unspecified atom stereocenters. The fourth-order valence-electron chi connectivity index (χ4n) is 0.738. The highest BCUT2D eigenvalue weighted by molar-refractivity contribution is 6.81. The zero-order chi connectivity index (χ0) is 10.5. The van der Waals surface area contributed by atoms with Gasteiger partial charge in [0.1, 0.15) is 0 Å². The van der Waals surface area contributed by atoms with Crippen LogP contribution in [0.15, 0.2) is 11.6 Å². The molecule has 0 fully saturated rings. The average Bonchev–Trinajstić information content (AvgIpc) is 1.81. The maximum Gasteiger partial charge on any atom is 0.310 e. The molecule has 0 aromatic carbocycles. The van der Waals surface area contributed by atoms with Crippen molar-refractivity contribution in [2.45, 2.75) is 33.5 Å². The average molecular weight is 202 g/mol. The molecular weight excluding hydrogens is 184 g/mol. The fraction of sp³-hybridized carbons (Fsp3) is 0.667. The van der Waals surface area contributed by atoms with E-state index >= 15 is 0 Å². The summed E-state index contributed by atoms with van der Waals surface area (Å²) in [4.78, 5) is 10.7. The summed E-state index contributed by atoms with van der Waals surface area (Å²) >= 11 is 0. The Morgan fingerprint density at radius 2 is 1.92 bits per heavy atom. The zero-order valence-electron chi connectivity index (χ0n) is 9.01. The molecule has 0 aliphatic heterocycles. The normalized spacial score (nSPS) is 12.5. The van der Waals surface area contributed by atoms with Crippen molar-refractivity contribution >= 4 is 14.0 Å². The van der Waals surface area contributed by atoms with Gasteiger partial charge in [-0.2, -0.15) is 0 Å². The van der Waals surface area contributed by atoms with Gasteiger partial charge in [-0.15, -0.1) is 0 Å². The number of hydrogen-bond donors (Lipinski definition) is 0. The predicted molar refractivity (Wildman–Crippen MR) is 54.8 cm³/mol. The van der Waals surface area contributed by atoms with Crippen molar-refractivity contribution in [3.8, 4) is 0 Å². The molecule has 0 aliphatic carbocycles. The summed E-state index contributed by atoms with van der Waals surface area (Å²) in [5.74, 6) is 0.0205. The smallest absolute Gasteiger partial charge is 0.310 e. The third-order valence-electron chi connectivity index (χ3n) is 1.08. The van der Waals surface area contributed by atoms with Gasteiger partial charge < -0.3 is 9.47 Å². The third-order valence-corrected chi connectivity index (χ3v) is 2.18. The molecule has 3 nitrogen and oxygen atoms in total. The number of ether oxygens (including phenoxy) is 2. The minimum absolute atomic E-state index is 0.335. The molecule has 0 spiro atoms. The molecule has 0 atom stereocenters. The van der Waals surface area contributed by atoms with E-state index in [0.717, 1.165) is 0 Å².